The van der Waals surface area contributed by atoms with Gasteiger partial charge in [0.1, 0.15) is 0 Å². The Morgan fingerprint density at radius 2 is 1.89 bits per heavy atom. The molecule has 0 bridgehead atoms. The minimum Gasteiger partial charge on any atom is -0.353 e. The third kappa shape index (κ3) is 2.75. The third-order valence-corrected chi connectivity index (χ3v) is 3.77. The van der Waals surface area contributed by atoms with Crippen molar-refractivity contribution in [1.82, 2.24) is 9.55 Å². The van der Waals surface area contributed by atoms with Crippen LogP contribution >= 0.6 is 0 Å². The van der Waals surface area contributed by atoms with Crippen molar-refractivity contribution in [3.8, 4) is 0 Å². The second kappa shape index (κ2) is 5.39. The number of aryl methyl sites for hydroxylation is 3. The van der Waals surface area contributed by atoms with Crippen molar-refractivity contribution in [2.75, 3.05) is 0 Å². The van der Waals surface area contributed by atoms with E-state index in [-0.39, 0.29) is 0 Å². The first-order valence-corrected chi connectivity index (χ1v) is 6.94. The predicted octanol–water partition coefficient (Wildman–Crippen LogP) is 3.03. The summed E-state index contributed by atoms with van der Waals surface area (Å²) in [6.07, 6.45) is 12.7. The Hall–Kier alpha value is -1.90. The van der Waals surface area contributed by atoms with Crippen molar-refractivity contribution in [3.63, 3.8) is 0 Å². The van der Waals surface area contributed by atoms with Gasteiger partial charge in [-0.25, -0.2) is 0 Å². The highest BCUT2D eigenvalue weighted by Crippen LogP contribution is 2.21. The second-order valence-electron chi connectivity index (χ2n) is 5.17. The Bertz CT molecular complexity index is 572. The summed E-state index contributed by atoms with van der Waals surface area (Å²) in [5.41, 5.74) is 3.47. The molecule has 0 amide bonds. The molecule has 2 aromatic heterocycles. The molecule has 0 saturated carbocycles. The summed E-state index contributed by atoms with van der Waals surface area (Å²) < 4.78 is 2.16. The fourth-order valence-electron chi connectivity index (χ4n) is 2.68. The smallest absolute Gasteiger partial charge is 0.164 e. The number of carbonyl (C=O) groups is 1. The molecule has 0 N–H and O–H groups in total. The van der Waals surface area contributed by atoms with E-state index in [0.717, 1.165) is 37.8 Å². The quantitative estimate of drug-likeness (QED) is 0.789. The zero-order valence-corrected chi connectivity index (χ0v) is 11.0. The predicted molar refractivity (Wildman–Crippen MR) is 74.3 cm³/mol. The van der Waals surface area contributed by atoms with E-state index in [9.17, 15) is 4.79 Å². The van der Waals surface area contributed by atoms with Crippen molar-refractivity contribution < 1.29 is 4.79 Å². The SMILES string of the molecule is O=C1CCCCc2cn(CCc3ccncc3)cc21. The van der Waals surface area contributed by atoms with Crippen molar-refractivity contribution in [2.24, 2.45) is 0 Å². The molecule has 0 spiro atoms. The molecule has 3 nitrogen and oxygen atoms in total. The number of rotatable bonds is 3. The van der Waals surface area contributed by atoms with E-state index in [4.69, 9.17) is 0 Å². The normalized spacial score (nSPS) is 15.1. The molecule has 98 valence electrons. The van der Waals surface area contributed by atoms with Crippen LogP contribution in [0.5, 0.6) is 0 Å². The Kier molecular flexibility index (Phi) is 3.45. The van der Waals surface area contributed by atoms with Crippen molar-refractivity contribution >= 4 is 5.78 Å². The van der Waals surface area contributed by atoms with Gasteiger partial charge in [-0.15, -0.1) is 0 Å². The first-order chi connectivity index (χ1) is 9.33. The van der Waals surface area contributed by atoms with E-state index < -0.39 is 0 Å². The summed E-state index contributed by atoms with van der Waals surface area (Å²) in [7, 11) is 0. The van der Waals surface area contributed by atoms with Crippen molar-refractivity contribution in [1.29, 1.82) is 0 Å². The lowest BCUT2D eigenvalue weighted by atomic mass is 10.1. The van der Waals surface area contributed by atoms with E-state index in [1.54, 1.807) is 0 Å². The van der Waals surface area contributed by atoms with Crippen LogP contribution in [0.25, 0.3) is 0 Å². The average Bonchev–Trinajstić information content (AvgIpc) is 2.78. The Morgan fingerprint density at radius 3 is 2.74 bits per heavy atom. The third-order valence-electron chi connectivity index (χ3n) is 3.77. The number of pyridine rings is 1. The van der Waals surface area contributed by atoms with Crippen LogP contribution in [-0.4, -0.2) is 15.3 Å². The highest BCUT2D eigenvalue weighted by molar-refractivity contribution is 5.97. The number of ketones is 1. The largest absolute Gasteiger partial charge is 0.353 e. The topological polar surface area (TPSA) is 34.9 Å². The molecule has 0 aromatic carbocycles. The summed E-state index contributed by atoms with van der Waals surface area (Å²) in [5, 5.41) is 0. The van der Waals surface area contributed by atoms with Gasteiger partial charge in [0.2, 0.25) is 0 Å². The van der Waals surface area contributed by atoms with Gasteiger partial charge in [-0.2, -0.15) is 0 Å². The summed E-state index contributed by atoms with van der Waals surface area (Å²) in [5.74, 6) is 0.315. The maximum atomic E-state index is 12.0. The number of aromatic nitrogens is 2. The lowest BCUT2D eigenvalue weighted by Crippen LogP contribution is -2.00. The molecule has 1 aliphatic carbocycles. The highest BCUT2D eigenvalue weighted by Gasteiger charge is 2.17. The molecule has 2 heterocycles. The fraction of sp³-hybridized carbons (Fsp3) is 0.375. The molecule has 0 unspecified atom stereocenters. The summed E-state index contributed by atoms with van der Waals surface area (Å²) in [4.78, 5) is 16.0. The van der Waals surface area contributed by atoms with E-state index in [1.807, 2.05) is 30.7 Å². The monoisotopic (exact) mass is 254 g/mol. The average molecular weight is 254 g/mol. The summed E-state index contributed by atoms with van der Waals surface area (Å²) >= 11 is 0. The number of fused-ring (bicyclic) bond motifs is 1. The minimum atomic E-state index is 0.315. The fourth-order valence-corrected chi connectivity index (χ4v) is 2.68. The van der Waals surface area contributed by atoms with Gasteiger partial charge < -0.3 is 4.57 Å². The molecule has 0 aliphatic heterocycles. The highest BCUT2D eigenvalue weighted by atomic mass is 16.1. The van der Waals surface area contributed by atoms with Crippen LogP contribution < -0.4 is 0 Å². The van der Waals surface area contributed by atoms with Gasteiger partial charge in [-0.1, -0.05) is 0 Å². The van der Waals surface area contributed by atoms with Crippen LogP contribution in [0.3, 0.4) is 0 Å². The summed E-state index contributed by atoms with van der Waals surface area (Å²) in [6, 6.07) is 4.08. The zero-order chi connectivity index (χ0) is 13.1. The molecule has 3 rings (SSSR count). The summed E-state index contributed by atoms with van der Waals surface area (Å²) in [6.45, 7) is 0.921. The van der Waals surface area contributed by atoms with Gasteiger partial charge in [0, 0.05) is 43.3 Å². The van der Waals surface area contributed by atoms with Crippen LogP contribution in [0, 0.1) is 0 Å². The molecule has 1 aliphatic rings. The Balaban J connectivity index is 1.73. The molecular weight excluding hydrogens is 236 g/mol. The standard InChI is InChI=1S/C16H18N2O/c19-16-4-2-1-3-14-11-18(12-15(14)16)10-7-13-5-8-17-9-6-13/h5-6,8-9,11-12H,1-4,7,10H2. The first kappa shape index (κ1) is 12.2. The van der Waals surface area contributed by atoms with Crippen LogP contribution in [0.1, 0.15) is 40.7 Å². The lowest BCUT2D eigenvalue weighted by molar-refractivity contribution is 0.0982. The Labute approximate surface area is 113 Å². The van der Waals surface area contributed by atoms with E-state index in [0.29, 0.717) is 12.2 Å². The van der Waals surface area contributed by atoms with Crippen LogP contribution in [0.15, 0.2) is 36.9 Å². The number of Topliss-reactive ketones (excluding diaryl/α,β-unsaturated/α-hetero) is 1. The molecule has 3 heteroatoms. The van der Waals surface area contributed by atoms with Gasteiger partial charge in [-0.3, -0.25) is 9.78 Å². The minimum absolute atomic E-state index is 0.315. The van der Waals surface area contributed by atoms with Crippen LogP contribution in [0.4, 0.5) is 0 Å². The first-order valence-electron chi connectivity index (χ1n) is 6.94. The van der Waals surface area contributed by atoms with Gasteiger partial charge >= 0.3 is 0 Å². The maximum absolute atomic E-state index is 12.0. The Morgan fingerprint density at radius 1 is 1.11 bits per heavy atom. The van der Waals surface area contributed by atoms with E-state index in [2.05, 4.69) is 15.7 Å². The molecule has 0 radical (unpaired) electrons. The maximum Gasteiger partial charge on any atom is 0.164 e. The van der Waals surface area contributed by atoms with Crippen LogP contribution in [0.2, 0.25) is 0 Å². The zero-order valence-electron chi connectivity index (χ0n) is 11.0. The van der Waals surface area contributed by atoms with E-state index in [1.165, 1.54) is 11.1 Å². The van der Waals surface area contributed by atoms with Gasteiger partial charge in [0.25, 0.3) is 0 Å². The number of carbonyl (C=O) groups excluding carboxylic acids is 1. The van der Waals surface area contributed by atoms with Crippen molar-refractivity contribution in [3.05, 3.63) is 53.6 Å². The molecule has 0 fully saturated rings. The lowest BCUT2D eigenvalue weighted by Gasteiger charge is -2.03. The van der Waals surface area contributed by atoms with Crippen molar-refractivity contribution in [2.45, 2.75) is 38.6 Å². The van der Waals surface area contributed by atoms with Gasteiger partial charge in [0.05, 0.1) is 0 Å². The number of hydrogen-bond acceptors (Lipinski definition) is 2. The molecular formula is C16H18N2O. The van der Waals surface area contributed by atoms with Crippen LogP contribution in [-0.2, 0) is 19.4 Å². The number of nitrogens with zero attached hydrogens (tertiary/aromatic N) is 2. The van der Waals surface area contributed by atoms with E-state index >= 15 is 0 Å². The number of hydrogen-bond donors (Lipinski definition) is 0. The van der Waals surface area contributed by atoms with Gasteiger partial charge in [0.15, 0.2) is 5.78 Å². The molecule has 2 aromatic rings. The van der Waals surface area contributed by atoms with Gasteiger partial charge in [-0.05, 0) is 48.9 Å². The molecule has 0 atom stereocenters. The molecule has 19 heavy (non-hydrogen) atoms. The molecule has 0 saturated heterocycles. The second-order valence-corrected chi connectivity index (χ2v) is 5.17.